The fraction of sp³-hybridized carbons (Fsp3) is 0.261. The Balaban J connectivity index is 1.37. The smallest absolute Gasteiger partial charge is 0.352 e. The average molecular weight is 650 g/mol. The Kier molecular flexibility index (Phi) is 9.91. The molecule has 206 valence electrons. The van der Waals surface area contributed by atoms with Crippen molar-refractivity contribution in [3.05, 3.63) is 64.0 Å². The summed E-state index contributed by atoms with van der Waals surface area (Å²) >= 11 is 16.0. The Morgan fingerprint density at radius 3 is 2.62 bits per heavy atom. The second-order valence-electron chi connectivity index (χ2n) is 8.16. The second-order valence-corrected chi connectivity index (χ2v) is 13.0. The number of nitrogens with zero attached hydrogens (tertiary/aromatic N) is 2. The fourth-order valence-electron chi connectivity index (χ4n) is 3.78. The van der Waals surface area contributed by atoms with Crippen molar-refractivity contribution < 1.29 is 37.6 Å². The van der Waals surface area contributed by atoms with Crippen LogP contribution in [0.3, 0.4) is 0 Å². The zero-order valence-electron chi connectivity index (χ0n) is 19.7. The van der Waals surface area contributed by atoms with Crippen LogP contribution in [0, 0.1) is 0 Å². The van der Waals surface area contributed by atoms with Gasteiger partial charge in [-0.2, -0.15) is 13.0 Å². The molecule has 0 bridgehead atoms. The van der Waals surface area contributed by atoms with E-state index >= 15 is 0 Å². The first-order chi connectivity index (χ1) is 18.5. The molecule has 16 heteroatoms. The van der Waals surface area contributed by atoms with Crippen molar-refractivity contribution in [1.29, 1.82) is 0 Å². The van der Waals surface area contributed by atoms with Gasteiger partial charge >= 0.3 is 5.97 Å². The highest BCUT2D eigenvalue weighted by molar-refractivity contribution is 8.01. The SMILES string of the molecule is O=C(CSc1cc(Cl)ccc1Cl)N[C@H]1C(=O)N2C(C(=O)O)=C(CSc3cc[n+](C(O)C=S(=O)=O)cc3)CS[C@H]12. The Labute approximate surface area is 247 Å². The Morgan fingerprint density at radius 1 is 1.23 bits per heavy atom. The monoisotopic (exact) mass is 648 g/mol. The van der Waals surface area contributed by atoms with Gasteiger partial charge in [-0.15, -0.1) is 35.3 Å². The highest BCUT2D eigenvalue weighted by Crippen LogP contribution is 2.41. The van der Waals surface area contributed by atoms with Crippen molar-refractivity contribution in [1.82, 2.24) is 10.2 Å². The lowest BCUT2D eigenvalue weighted by Crippen LogP contribution is -2.70. The van der Waals surface area contributed by atoms with E-state index in [1.54, 1.807) is 30.3 Å². The van der Waals surface area contributed by atoms with Crippen LogP contribution in [0.1, 0.15) is 6.23 Å². The molecule has 1 aromatic heterocycles. The summed E-state index contributed by atoms with van der Waals surface area (Å²) in [7, 11) is -2.52. The van der Waals surface area contributed by atoms with Gasteiger partial charge in [0.15, 0.2) is 12.4 Å². The third-order valence-corrected chi connectivity index (χ3v) is 10.2. The van der Waals surface area contributed by atoms with Gasteiger partial charge in [-0.1, -0.05) is 23.2 Å². The van der Waals surface area contributed by atoms with E-state index in [9.17, 15) is 33.0 Å². The molecule has 2 aromatic rings. The van der Waals surface area contributed by atoms with E-state index in [0.717, 1.165) is 10.3 Å². The predicted molar refractivity (Wildman–Crippen MR) is 150 cm³/mol. The number of halogens is 2. The van der Waals surface area contributed by atoms with E-state index in [4.69, 9.17) is 23.2 Å². The number of carbonyl (C=O) groups excluding carboxylic acids is 2. The Hall–Kier alpha value is -2.20. The number of benzene rings is 1. The molecule has 0 radical (unpaired) electrons. The minimum absolute atomic E-state index is 0.00558. The van der Waals surface area contributed by atoms with Crippen molar-refractivity contribution in [3.8, 4) is 0 Å². The first-order valence-electron chi connectivity index (χ1n) is 11.1. The number of hydrogen-bond donors (Lipinski definition) is 3. The van der Waals surface area contributed by atoms with E-state index in [1.165, 1.54) is 57.1 Å². The predicted octanol–water partition coefficient (Wildman–Crippen LogP) is 2.08. The van der Waals surface area contributed by atoms with E-state index < -0.39 is 39.8 Å². The quantitative estimate of drug-likeness (QED) is 0.151. The van der Waals surface area contributed by atoms with Crippen LogP contribution in [0.4, 0.5) is 0 Å². The van der Waals surface area contributed by atoms with E-state index in [2.05, 4.69) is 5.32 Å². The van der Waals surface area contributed by atoms with Crippen molar-refractivity contribution >= 4 is 91.9 Å². The largest absolute Gasteiger partial charge is 0.477 e. The molecule has 3 atom stereocenters. The molecule has 0 spiro atoms. The first kappa shape index (κ1) is 29.8. The summed E-state index contributed by atoms with van der Waals surface area (Å²) in [6.45, 7) is 0. The number of aliphatic hydroxyl groups is 1. The van der Waals surface area contributed by atoms with E-state index in [-0.39, 0.29) is 17.4 Å². The standard InChI is InChI=1S/C23H19Cl2N3O7S4/c24-13-1-2-15(25)16(7-13)37-10-17(29)26-19-21(31)28-20(23(32)33)12(9-38-22(19)28)8-36-14-3-5-27(6-4-14)18(30)11-39(34)35/h1-7,11,18-19,22,30H,8-10H2,(H-,26,29,32,33)/p+1/t18?,19-,22+/m0/s1. The van der Waals surface area contributed by atoms with Crippen LogP contribution < -0.4 is 9.88 Å². The number of aliphatic hydroxyl groups excluding tert-OH is 1. The number of aromatic nitrogens is 1. The zero-order valence-corrected chi connectivity index (χ0v) is 24.5. The number of hydrogen-bond acceptors (Lipinski definition) is 9. The molecule has 0 aliphatic carbocycles. The molecular formula is C23H20Cl2N3O7S4+. The minimum atomic E-state index is -2.52. The average Bonchev–Trinajstić information content (AvgIpc) is 2.90. The van der Waals surface area contributed by atoms with Crippen molar-refractivity contribution in [2.24, 2.45) is 0 Å². The maximum absolute atomic E-state index is 12.9. The number of pyridine rings is 1. The molecule has 1 saturated heterocycles. The summed E-state index contributed by atoms with van der Waals surface area (Å²) in [6, 6.07) is 7.39. The van der Waals surface area contributed by atoms with Gasteiger partial charge in [0, 0.05) is 38.5 Å². The summed E-state index contributed by atoms with van der Waals surface area (Å²) in [5, 5.41) is 23.5. The molecule has 10 nitrogen and oxygen atoms in total. The number of fused-ring (bicyclic) bond motifs is 1. The Morgan fingerprint density at radius 2 is 1.95 bits per heavy atom. The molecule has 1 fully saturated rings. The lowest BCUT2D eigenvalue weighted by atomic mass is 10.0. The zero-order chi connectivity index (χ0) is 28.3. The molecule has 4 rings (SSSR count). The molecule has 3 N–H and O–H groups in total. The minimum Gasteiger partial charge on any atom is -0.477 e. The molecule has 3 heterocycles. The number of nitrogens with one attached hydrogen (secondary N) is 1. The maximum atomic E-state index is 12.9. The van der Waals surface area contributed by atoms with Gasteiger partial charge in [0.25, 0.3) is 12.1 Å². The summed E-state index contributed by atoms with van der Waals surface area (Å²) < 4.78 is 22.7. The molecule has 1 aromatic carbocycles. The number of rotatable bonds is 10. The van der Waals surface area contributed by atoms with Gasteiger partial charge in [-0.25, -0.2) is 4.79 Å². The van der Waals surface area contributed by atoms with E-state index in [1.807, 2.05) is 0 Å². The lowest BCUT2D eigenvalue weighted by Gasteiger charge is -2.49. The van der Waals surface area contributed by atoms with Crippen LogP contribution in [-0.4, -0.2) is 75.4 Å². The normalized spacial score (nSPS) is 19.2. The van der Waals surface area contributed by atoms with Gasteiger partial charge < -0.3 is 15.5 Å². The van der Waals surface area contributed by atoms with Crippen molar-refractivity contribution in [3.63, 3.8) is 0 Å². The number of thioether (sulfide) groups is 3. The van der Waals surface area contributed by atoms with Crippen LogP contribution in [0.5, 0.6) is 0 Å². The maximum Gasteiger partial charge on any atom is 0.352 e. The number of carboxylic acid groups (broad SMARTS) is 1. The number of carboxylic acids is 1. The molecule has 39 heavy (non-hydrogen) atoms. The third kappa shape index (κ3) is 7.12. The number of β-lactam (4-membered cyclic amide) rings is 1. The number of carbonyl (C=O) groups is 3. The van der Waals surface area contributed by atoms with Crippen LogP contribution >= 0.6 is 58.5 Å². The molecule has 0 saturated carbocycles. The van der Waals surface area contributed by atoms with Crippen LogP contribution in [0.25, 0.3) is 0 Å². The van der Waals surface area contributed by atoms with Gasteiger partial charge in [-0.05, 0) is 23.8 Å². The summed E-state index contributed by atoms with van der Waals surface area (Å²) in [6.07, 6.45) is 1.66. The molecule has 2 amide bonds. The van der Waals surface area contributed by atoms with Gasteiger partial charge in [0.05, 0.1) is 10.8 Å². The van der Waals surface area contributed by atoms with Gasteiger partial charge in [-0.3, -0.25) is 14.5 Å². The van der Waals surface area contributed by atoms with Crippen molar-refractivity contribution in [2.45, 2.75) is 27.4 Å². The van der Waals surface area contributed by atoms with Crippen molar-refractivity contribution in [2.75, 3.05) is 17.3 Å². The molecular weight excluding hydrogens is 629 g/mol. The van der Waals surface area contributed by atoms with Crippen LogP contribution in [-0.2, 0) is 24.7 Å². The number of amides is 2. The summed E-state index contributed by atoms with van der Waals surface area (Å²) in [4.78, 5) is 40.1. The first-order valence-corrected chi connectivity index (χ1v) is 16.0. The second kappa shape index (κ2) is 13.0. The molecule has 1 unspecified atom stereocenters. The summed E-state index contributed by atoms with van der Waals surface area (Å²) in [5.41, 5.74) is 0.473. The lowest BCUT2D eigenvalue weighted by molar-refractivity contribution is -0.739. The topological polar surface area (TPSA) is 145 Å². The third-order valence-electron chi connectivity index (χ3n) is 5.59. The summed E-state index contributed by atoms with van der Waals surface area (Å²) in [5.74, 6) is -1.45. The Bertz CT molecular complexity index is 1480. The highest BCUT2D eigenvalue weighted by Gasteiger charge is 2.54. The van der Waals surface area contributed by atoms with Crippen LogP contribution in [0.2, 0.25) is 10.0 Å². The van der Waals surface area contributed by atoms with Crippen LogP contribution in [0.15, 0.2) is 63.8 Å². The molecule has 2 aliphatic heterocycles. The molecule has 2 aliphatic rings. The van der Waals surface area contributed by atoms with Gasteiger partial charge in [0.2, 0.25) is 16.2 Å². The fourth-order valence-corrected chi connectivity index (χ4v) is 7.79. The highest BCUT2D eigenvalue weighted by atomic mass is 35.5. The van der Waals surface area contributed by atoms with E-state index in [0.29, 0.717) is 32.0 Å². The number of aliphatic carboxylic acids is 1. The van der Waals surface area contributed by atoms with Gasteiger partial charge in [0.1, 0.15) is 22.5 Å².